The monoisotopic (exact) mass is 251 g/mol. The Kier molecular flexibility index (Phi) is 4.72. The van der Waals surface area contributed by atoms with Gasteiger partial charge in [-0.05, 0) is 25.8 Å². The van der Waals surface area contributed by atoms with Crippen molar-refractivity contribution >= 4 is 0 Å². The molecule has 0 bridgehead atoms. The van der Waals surface area contributed by atoms with Gasteiger partial charge in [-0.25, -0.2) is 0 Å². The predicted molar refractivity (Wildman–Crippen MR) is 72.0 cm³/mol. The summed E-state index contributed by atoms with van der Waals surface area (Å²) >= 11 is 0. The van der Waals surface area contributed by atoms with Crippen molar-refractivity contribution in [2.45, 2.75) is 51.7 Å². The molecule has 1 aliphatic carbocycles. The van der Waals surface area contributed by atoms with E-state index >= 15 is 0 Å². The Labute approximate surface area is 109 Å². The molecule has 2 atom stereocenters. The van der Waals surface area contributed by atoms with Gasteiger partial charge < -0.3 is 10.6 Å². The molecule has 2 rings (SSSR count). The molecule has 1 fully saturated rings. The Balaban J connectivity index is 1.81. The van der Waals surface area contributed by atoms with Crippen molar-refractivity contribution in [3.8, 4) is 0 Å². The molecule has 1 aromatic rings. The van der Waals surface area contributed by atoms with Gasteiger partial charge in [-0.2, -0.15) is 0 Å². The van der Waals surface area contributed by atoms with Crippen LogP contribution >= 0.6 is 0 Å². The molecular formula is C13H25N5. The summed E-state index contributed by atoms with van der Waals surface area (Å²) in [5.41, 5.74) is 6.39. The fourth-order valence-corrected chi connectivity index (χ4v) is 2.92. The molecule has 0 aromatic carbocycles. The molecule has 0 aliphatic heterocycles. The molecule has 0 radical (unpaired) electrons. The van der Waals surface area contributed by atoms with E-state index in [9.17, 15) is 0 Å². The number of hydrogen-bond donors (Lipinski definition) is 1. The first kappa shape index (κ1) is 13.5. The highest BCUT2D eigenvalue weighted by Crippen LogP contribution is 2.27. The highest BCUT2D eigenvalue weighted by Gasteiger charge is 2.24. The molecule has 0 amide bonds. The van der Waals surface area contributed by atoms with Crippen LogP contribution in [0, 0.1) is 5.92 Å². The zero-order valence-electron chi connectivity index (χ0n) is 11.5. The second kappa shape index (κ2) is 6.29. The van der Waals surface area contributed by atoms with Crippen LogP contribution in [0.2, 0.25) is 0 Å². The molecule has 1 aliphatic rings. The van der Waals surface area contributed by atoms with Crippen molar-refractivity contribution in [1.29, 1.82) is 0 Å². The van der Waals surface area contributed by atoms with E-state index in [2.05, 4.69) is 29.2 Å². The average Bonchev–Trinajstić information content (AvgIpc) is 2.84. The molecule has 5 nitrogen and oxygen atoms in total. The smallest absolute Gasteiger partial charge is 0.0962 e. The maximum absolute atomic E-state index is 5.53. The fourth-order valence-electron chi connectivity index (χ4n) is 2.92. The summed E-state index contributed by atoms with van der Waals surface area (Å²) in [5.74, 6) is 0.819. The first-order valence-electron chi connectivity index (χ1n) is 7.00. The molecule has 0 spiro atoms. The summed E-state index contributed by atoms with van der Waals surface area (Å²) < 4.78 is 1.90. The average molecular weight is 251 g/mol. The van der Waals surface area contributed by atoms with Crippen LogP contribution in [0.4, 0.5) is 0 Å². The van der Waals surface area contributed by atoms with E-state index in [1.807, 2.05) is 10.9 Å². The van der Waals surface area contributed by atoms with Crippen molar-refractivity contribution in [3.05, 3.63) is 11.9 Å². The van der Waals surface area contributed by atoms with Gasteiger partial charge in [0.1, 0.15) is 0 Å². The largest absolute Gasteiger partial charge is 0.325 e. The molecule has 102 valence electrons. The van der Waals surface area contributed by atoms with Crippen LogP contribution in [0.5, 0.6) is 0 Å². The topological polar surface area (TPSA) is 60.0 Å². The number of rotatable bonds is 5. The van der Waals surface area contributed by atoms with Crippen LogP contribution < -0.4 is 5.73 Å². The van der Waals surface area contributed by atoms with Crippen LogP contribution in [0.1, 0.15) is 38.3 Å². The number of nitrogens with two attached hydrogens (primary N) is 1. The minimum Gasteiger partial charge on any atom is -0.325 e. The molecule has 5 heteroatoms. The van der Waals surface area contributed by atoms with Gasteiger partial charge in [-0.15, -0.1) is 5.10 Å². The van der Waals surface area contributed by atoms with E-state index in [1.54, 1.807) is 0 Å². The second-order valence-corrected chi connectivity index (χ2v) is 5.49. The van der Waals surface area contributed by atoms with Gasteiger partial charge in [0.25, 0.3) is 0 Å². The molecule has 1 heterocycles. The third kappa shape index (κ3) is 3.29. The van der Waals surface area contributed by atoms with Crippen molar-refractivity contribution in [1.82, 2.24) is 19.9 Å². The van der Waals surface area contributed by atoms with Gasteiger partial charge in [0, 0.05) is 25.3 Å². The molecule has 1 saturated carbocycles. The third-order valence-electron chi connectivity index (χ3n) is 4.11. The lowest BCUT2D eigenvalue weighted by atomic mass is 9.85. The van der Waals surface area contributed by atoms with E-state index in [1.165, 1.54) is 25.7 Å². The minimum atomic E-state index is 0.468. The van der Waals surface area contributed by atoms with E-state index in [-0.39, 0.29) is 0 Å². The lowest BCUT2D eigenvalue weighted by molar-refractivity contribution is 0.134. The third-order valence-corrected chi connectivity index (χ3v) is 4.11. The van der Waals surface area contributed by atoms with Crippen molar-refractivity contribution in [3.63, 3.8) is 0 Å². The first-order chi connectivity index (χ1) is 8.70. The lowest BCUT2D eigenvalue weighted by Gasteiger charge is -2.36. The Hall–Kier alpha value is -0.940. The highest BCUT2D eigenvalue weighted by molar-refractivity contribution is 4.90. The Morgan fingerprint density at radius 2 is 2.22 bits per heavy atom. The van der Waals surface area contributed by atoms with Gasteiger partial charge in [-0.3, -0.25) is 4.68 Å². The fraction of sp³-hybridized carbons (Fsp3) is 0.846. The first-order valence-corrected chi connectivity index (χ1v) is 7.00. The predicted octanol–water partition coefficient (Wildman–Crippen LogP) is 1.25. The Bertz CT molecular complexity index is 362. The minimum absolute atomic E-state index is 0.468. The molecule has 18 heavy (non-hydrogen) atoms. The lowest BCUT2D eigenvalue weighted by Crippen LogP contribution is -2.40. The van der Waals surface area contributed by atoms with Crippen molar-refractivity contribution in [2.24, 2.45) is 11.7 Å². The van der Waals surface area contributed by atoms with E-state index in [0.717, 1.165) is 30.7 Å². The number of nitrogens with zero attached hydrogens (tertiary/aromatic N) is 4. The van der Waals surface area contributed by atoms with Crippen LogP contribution in [0.15, 0.2) is 6.20 Å². The van der Waals surface area contributed by atoms with Gasteiger partial charge in [0.2, 0.25) is 0 Å². The number of hydrogen-bond acceptors (Lipinski definition) is 4. The van der Waals surface area contributed by atoms with E-state index in [0.29, 0.717) is 6.54 Å². The van der Waals surface area contributed by atoms with Crippen LogP contribution in [0.25, 0.3) is 0 Å². The van der Waals surface area contributed by atoms with E-state index < -0.39 is 0 Å². The van der Waals surface area contributed by atoms with E-state index in [4.69, 9.17) is 5.73 Å². The molecule has 2 unspecified atom stereocenters. The zero-order chi connectivity index (χ0) is 13.0. The number of aromatic nitrogens is 3. The van der Waals surface area contributed by atoms with Crippen molar-refractivity contribution in [2.75, 3.05) is 13.6 Å². The SMILES string of the molecule is CC1CCCCC1N(C)CCn1cc(CN)nn1. The summed E-state index contributed by atoms with van der Waals surface area (Å²) in [4.78, 5) is 2.48. The molecule has 0 saturated heterocycles. The standard InChI is InChI=1S/C13H25N5/c1-11-5-3-4-6-13(11)17(2)7-8-18-10-12(9-14)15-16-18/h10-11,13H,3-9,14H2,1-2H3. The molecule has 1 aromatic heterocycles. The van der Waals surface area contributed by atoms with Crippen molar-refractivity contribution < 1.29 is 0 Å². The Morgan fingerprint density at radius 1 is 1.44 bits per heavy atom. The highest BCUT2D eigenvalue weighted by atomic mass is 15.4. The zero-order valence-corrected chi connectivity index (χ0v) is 11.5. The maximum Gasteiger partial charge on any atom is 0.0962 e. The van der Waals surface area contributed by atoms with Gasteiger partial charge >= 0.3 is 0 Å². The maximum atomic E-state index is 5.53. The van der Waals surface area contributed by atoms with Crippen LogP contribution in [-0.4, -0.2) is 39.5 Å². The summed E-state index contributed by atoms with van der Waals surface area (Å²) in [7, 11) is 2.23. The van der Waals surface area contributed by atoms with Gasteiger partial charge in [0.15, 0.2) is 0 Å². The molecule has 2 N–H and O–H groups in total. The summed E-state index contributed by atoms with van der Waals surface area (Å²) in [5, 5.41) is 8.09. The van der Waals surface area contributed by atoms with Gasteiger partial charge in [0.05, 0.1) is 12.2 Å². The Morgan fingerprint density at radius 3 is 2.89 bits per heavy atom. The molecular weight excluding hydrogens is 226 g/mol. The summed E-state index contributed by atoms with van der Waals surface area (Å²) in [6.07, 6.45) is 7.42. The van der Waals surface area contributed by atoms with Gasteiger partial charge in [-0.1, -0.05) is 25.0 Å². The van der Waals surface area contributed by atoms with Crippen LogP contribution in [-0.2, 0) is 13.1 Å². The van der Waals surface area contributed by atoms with Crippen LogP contribution in [0.3, 0.4) is 0 Å². The normalized spacial score (nSPS) is 24.7. The quantitative estimate of drug-likeness (QED) is 0.855. The summed E-state index contributed by atoms with van der Waals surface area (Å²) in [6.45, 7) is 4.77. The second-order valence-electron chi connectivity index (χ2n) is 5.49. The summed E-state index contributed by atoms with van der Waals surface area (Å²) in [6, 6.07) is 0.733. The number of likely N-dealkylation sites (N-methyl/N-ethyl adjacent to an activating group) is 1.